The third kappa shape index (κ3) is 9.19. The molecule has 2 amide bonds. The Kier molecular flexibility index (Phi) is 11.8. The van der Waals surface area contributed by atoms with Crippen molar-refractivity contribution >= 4 is 55.1 Å². The van der Waals surface area contributed by atoms with Gasteiger partial charge in [0.05, 0.1) is 10.6 Å². The molecule has 0 aliphatic rings. The lowest BCUT2D eigenvalue weighted by Gasteiger charge is -2.34. The lowest BCUT2D eigenvalue weighted by molar-refractivity contribution is -0.140. The van der Waals surface area contributed by atoms with Gasteiger partial charge in [-0.1, -0.05) is 89.1 Å². The molecule has 4 aromatic rings. The number of hydrogen-bond acceptors (Lipinski definition) is 4. The number of carbonyl (C=O) groups is 2. The highest BCUT2D eigenvalue weighted by Gasteiger charge is 2.35. The Hall–Kier alpha value is -3.66. The summed E-state index contributed by atoms with van der Waals surface area (Å²) in [5.74, 6) is -0.825. The Morgan fingerprint density at radius 3 is 2.20 bits per heavy atom. The summed E-state index contributed by atoms with van der Waals surface area (Å²) in [5.41, 5.74) is 2.83. The molecular weight excluding hydrogens is 674 g/mol. The van der Waals surface area contributed by atoms with Crippen molar-refractivity contribution in [1.82, 2.24) is 10.2 Å². The van der Waals surface area contributed by atoms with Gasteiger partial charge in [-0.05, 0) is 85.5 Å². The molecule has 0 fully saturated rings. The van der Waals surface area contributed by atoms with E-state index in [-0.39, 0.29) is 29.8 Å². The second-order valence-electron chi connectivity index (χ2n) is 11.0. The normalized spacial score (nSPS) is 12.6. The van der Waals surface area contributed by atoms with Gasteiger partial charge in [-0.25, -0.2) is 8.42 Å². The van der Waals surface area contributed by atoms with E-state index in [9.17, 15) is 18.0 Å². The second kappa shape index (κ2) is 15.6. The highest BCUT2D eigenvalue weighted by Crippen LogP contribution is 2.27. The molecule has 7 nitrogen and oxygen atoms in total. The molecule has 45 heavy (non-hydrogen) atoms. The van der Waals surface area contributed by atoms with Gasteiger partial charge in [-0.2, -0.15) is 0 Å². The van der Waals surface area contributed by atoms with Gasteiger partial charge in [0.15, 0.2) is 0 Å². The fraction of sp³-hybridized carbons (Fsp3) is 0.257. The molecular formula is C35H37BrClN3O4S. The van der Waals surface area contributed by atoms with Crippen LogP contribution >= 0.6 is 27.5 Å². The fourth-order valence-electron chi connectivity index (χ4n) is 4.87. The van der Waals surface area contributed by atoms with Crippen LogP contribution in [0.25, 0.3) is 0 Å². The minimum atomic E-state index is -4.20. The van der Waals surface area contributed by atoms with Crippen LogP contribution in [-0.2, 0) is 32.6 Å². The number of aryl methyl sites for hydroxylation is 1. The molecule has 0 aliphatic heterocycles. The summed E-state index contributed by atoms with van der Waals surface area (Å²) in [4.78, 5) is 29.9. The first kappa shape index (κ1) is 34.2. The molecule has 0 saturated carbocycles. The van der Waals surface area contributed by atoms with Gasteiger partial charge in [0, 0.05) is 28.5 Å². The van der Waals surface area contributed by atoms with E-state index in [1.165, 1.54) is 29.2 Å². The maximum atomic E-state index is 14.5. The molecule has 2 atom stereocenters. The Morgan fingerprint density at radius 2 is 1.56 bits per heavy atom. The van der Waals surface area contributed by atoms with Gasteiger partial charge in [-0.3, -0.25) is 13.9 Å². The molecule has 0 radical (unpaired) electrons. The topological polar surface area (TPSA) is 86.8 Å². The van der Waals surface area contributed by atoms with E-state index in [4.69, 9.17) is 11.6 Å². The first-order chi connectivity index (χ1) is 21.5. The molecule has 0 aromatic heterocycles. The van der Waals surface area contributed by atoms with Crippen LogP contribution in [0, 0.1) is 6.92 Å². The predicted octanol–water partition coefficient (Wildman–Crippen LogP) is 7.16. The van der Waals surface area contributed by atoms with Crippen LogP contribution in [0.1, 0.15) is 37.0 Å². The van der Waals surface area contributed by atoms with Crippen molar-refractivity contribution in [2.45, 2.75) is 57.1 Å². The molecule has 0 aliphatic carbocycles. The molecule has 1 N–H and O–H groups in total. The molecule has 236 valence electrons. The minimum Gasteiger partial charge on any atom is -0.352 e. The molecule has 10 heteroatoms. The van der Waals surface area contributed by atoms with Crippen LogP contribution in [0.4, 0.5) is 5.69 Å². The van der Waals surface area contributed by atoms with Gasteiger partial charge in [0.2, 0.25) is 11.8 Å². The van der Waals surface area contributed by atoms with E-state index in [1.54, 1.807) is 18.2 Å². The molecule has 4 aromatic carbocycles. The molecule has 0 bridgehead atoms. The van der Waals surface area contributed by atoms with Crippen LogP contribution in [0.2, 0.25) is 5.02 Å². The second-order valence-corrected chi connectivity index (χ2v) is 14.2. The zero-order chi connectivity index (χ0) is 32.6. The number of halogens is 2. The van der Waals surface area contributed by atoms with Crippen LogP contribution in [0.5, 0.6) is 0 Å². The monoisotopic (exact) mass is 709 g/mol. The van der Waals surface area contributed by atoms with Gasteiger partial charge < -0.3 is 10.2 Å². The summed E-state index contributed by atoms with van der Waals surface area (Å²) < 4.78 is 30.2. The van der Waals surface area contributed by atoms with Crippen molar-refractivity contribution in [3.63, 3.8) is 0 Å². The average molecular weight is 711 g/mol. The van der Waals surface area contributed by atoms with E-state index in [0.717, 1.165) is 25.5 Å². The molecule has 0 spiro atoms. The molecule has 0 heterocycles. The van der Waals surface area contributed by atoms with Crippen LogP contribution in [0.15, 0.2) is 112 Å². The smallest absolute Gasteiger partial charge is 0.264 e. The van der Waals surface area contributed by atoms with Crippen LogP contribution < -0.4 is 9.62 Å². The third-order valence-electron chi connectivity index (χ3n) is 7.48. The predicted molar refractivity (Wildman–Crippen MR) is 184 cm³/mol. The highest BCUT2D eigenvalue weighted by atomic mass is 79.9. The quantitative estimate of drug-likeness (QED) is 0.160. The van der Waals surface area contributed by atoms with Crippen molar-refractivity contribution in [2.24, 2.45) is 0 Å². The number of benzene rings is 4. The maximum absolute atomic E-state index is 14.5. The van der Waals surface area contributed by atoms with Crippen molar-refractivity contribution in [2.75, 3.05) is 10.8 Å². The minimum absolute atomic E-state index is 0.00454. The van der Waals surface area contributed by atoms with Crippen molar-refractivity contribution in [3.05, 3.63) is 129 Å². The standard InChI is InChI=1S/C35H37BrClN3O4S/c1-4-26(3)38-35(42)33(22-27-11-6-5-7-12-27)39(23-28-13-9-14-29(36)21-28)34(41)24-40(31-15-8-10-25(2)20-31)45(43,44)32-18-16-30(37)17-19-32/h5-21,26,33H,4,22-24H2,1-3H3,(H,38,42)/t26-,33+/m0/s1. The van der Waals surface area contributed by atoms with Crippen LogP contribution in [0.3, 0.4) is 0 Å². The number of rotatable bonds is 13. The van der Waals surface area contributed by atoms with E-state index >= 15 is 0 Å². The third-order valence-corrected chi connectivity index (χ3v) is 10.0. The summed E-state index contributed by atoms with van der Waals surface area (Å²) in [6.45, 7) is 5.31. The van der Waals surface area contributed by atoms with Crippen molar-refractivity contribution in [1.29, 1.82) is 0 Å². The maximum Gasteiger partial charge on any atom is 0.264 e. The zero-order valence-electron chi connectivity index (χ0n) is 25.5. The summed E-state index contributed by atoms with van der Waals surface area (Å²) in [6.07, 6.45) is 0.959. The van der Waals surface area contributed by atoms with Gasteiger partial charge >= 0.3 is 0 Å². The van der Waals surface area contributed by atoms with E-state index in [2.05, 4.69) is 21.2 Å². The summed E-state index contributed by atoms with van der Waals surface area (Å²) >= 11 is 9.57. The van der Waals surface area contributed by atoms with Gasteiger partial charge in [0.25, 0.3) is 10.0 Å². The Balaban J connectivity index is 1.81. The van der Waals surface area contributed by atoms with E-state index < -0.39 is 28.5 Å². The summed E-state index contributed by atoms with van der Waals surface area (Å²) in [6, 6.07) is 28.8. The fourth-order valence-corrected chi connectivity index (χ4v) is 6.85. The number of nitrogens with zero attached hydrogens (tertiary/aromatic N) is 2. The number of amides is 2. The Bertz CT molecular complexity index is 1720. The van der Waals surface area contributed by atoms with E-state index in [0.29, 0.717) is 17.1 Å². The first-order valence-corrected chi connectivity index (χ1v) is 17.3. The SMILES string of the molecule is CC[C@H](C)NC(=O)[C@@H](Cc1ccccc1)N(Cc1cccc(Br)c1)C(=O)CN(c1cccc(C)c1)S(=O)(=O)c1ccc(Cl)cc1. The molecule has 0 unspecified atom stereocenters. The highest BCUT2D eigenvalue weighted by molar-refractivity contribution is 9.10. The van der Waals surface area contributed by atoms with Crippen LogP contribution in [-0.4, -0.2) is 43.8 Å². The first-order valence-electron chi connectivity index (χ1n) is 14.7. The molecule has 0 saturated heterocycles. The lowest BCUT2D eigenvalue weighted by Crippen LogP contribution is -2.54. The summed E-state index contributed by atoms with van der Waals surface area (Å²) in [5, 5.41) is 3.44. The number of sulfonamides is 1. The van der Waals surface area contributed by atoms with E-state index in [1.807, 2.05) is 81.4 Å². The number of carbonyl (C=O) groups excluding carboxylic acids is 2. The summed E-state index contributed by atoms with van der Waals surface area (Å²) in [7, 11) is -4.20. The number of hydrogen-bond donors (Lipinski definition) is 1. The zero-order valence-corrected chi connectivity index (χ0v) is 28.6. The van der Waals surface area contributed by atoms with Crippen molar-refractivity contribution in [3.8, 4) is 0 Å². The van der Waals surface area contributed by atoms with Gasteiger partial charge in [-0.15, -0.1) is 0 Å². The van der Waals surface area contributed by atoms with Crippen molar-refractivity contribution < 1.29 is 18.0 Å². The Morgan fingerprint density at radius 1 is 0.889 bits per heavy atom. The number of nitrogens with one attached hydrogen (secondary N) is 1. The molecule has 4 rings (SSSR count). The lowest BCUT2D eigenvalue weighted by atomic mass is 10.0. The number of anilines is 1. The Labute approximate surface area is 279 Å². The van der Waals surface area contributed by atoms with Gasteiger partial charge in [0.1, 0.15) is 12.6 Å². The average Bonchev–Trinajstić information content (AvgIpc) is 3.02. The largest absolute Gasteiger partial charge is 0.352 e.